The molecule has 3 saturated carbocycles. The fourth-order valence-electron chi connectivity index (χ4n) is 4.90. The number of hydrogen-bond acceptors (Lipinski definition) is 0. The summed E-state index contributed by atoms with van der Waals surface area (Å²) in [5.41, 5.74) is 1.56. The average Bonchev–Trinajstić information content (AvgIpc) is 2.80. The lowest BCUT2D eigenvalue weighted by molar-refractivity contribution is 0.0205. The van der Waals surface area contributed by atoms with E-state index in [0.29, 0.717) is 0 Å². The highest BCUT2D eigenvalue weighted by Crippen LogP contribution is 2.66. The molecule has 2 bridgehead atoms. The highest BCUT2D eigenvalue weighted by Gasteiger charge is 2.54. The van der Waals surface area contributed by atoms with E-state index >= 15 is 0 Å². The topological polar surface area (TPSA) is 0 Å². The second kappa shape index (κ2) is 3.00. The molecule has 0 radical (unpaired) electrons. The molecule has 0 aromatic carbocycles. The summed E-state index contributed by atoms with van der Waals surface area (Å²) in [6, 6.07) is 0. The molecule has 3 fully saturated rings. The van der Waals surface area contributed by atoms with E-state index in [1.165, 1.54) is 19.3 Å². The van der Waals surface area contributed by atoms with E-state index in [-0.39, 0.29) is 0 Å². The van der Waals surface area contributed by atoms with Gasteiger partial charge in [0, 0.05) is 0 Å². The van der Waals surface area contributed by atoms with Crippen molar-refractivity contribution < 1.29 is 0 Å². The third-order valence-corrected chi connectivity index (χ3v) is 5.98. The summed E-state index contributed by atoms with van der Waals surface area (Å²) in [6.07, 6.45) is 15.5. The molecule has 0 N–H and O–H groups in total. The molecule has 0 amide bonds. The van der Waals surface area contributed by atoms with E-state index in [4.69, 9.17) is 0 Å². The Morgan fingerprint density at radius 1 is 0.857 bits per heavy atom. The minimum atomic E-state index is 0.747. The summed E-state index contributed by atoms with van der Waals surface area (Å²) >= 11 is 0. The van der Waals surface area contributed by atoms with Crippen molar-refractivity contribution in [2.24, 2.45) is 16.7 Å². The van der Waals surface area contributed by atoms with Crippen LogP contribution in [0.1, 0.15) is 71.1 Å². The van der Waals surface area contributed by atoms with Gasteiger partial charge >= 0.3 is 0 Å². The minimum absolute atomic E-state index is 0.747. The van der Waals surface area contributed by atoms with Gasteiger partial charge in [-0.2, -0.15) is 0 Å². The summed E-state index contributed by atoms with van der Waals surface area (Å²) in [4.78, 5) is 0. The van der Waals surface area contributed by atoms with Crippen LogP contribution >= 0.6 is 0 Å². The zero-order chi connectivity index (χ0) is 9.65. The standard InChI is InChI=1S/C14H24/c1-13(7-3-2-4-8-13)14-9-5-12(11-14)6-10-14/h12H,2-11H2,1H3. The fraction of sp³-hybridized carbons (Fsp3) is 1.00. The van der Waals surface area contributed by atoms with E-state index in [9.17, 15) is 0 Å². The second-order valence-electron chi connectivity index (χ2n) is 6.55. The first kappa shape index (κ1) is 9.24. The minimum Gasteiger partial charge on any atom is -0.0591 e. The van der Waals surface area contributed by atoms with Crippen LogP contribution in [0.25, 0.3) is 0 Å². The Morgan fingerprint density at radius 2 is 1.50 bits per heavy atom. The normalized spacial score (nSPS) is 45.6. The molecule has 3 aliphatic carbocycles. The van der Waals surface area contributed by atoms with Gasteiger partial charge in [-0.25, -0.2) is 0 Å². The summed E-state index contributed by atoms with van der Waals surface area (Å²) in [5.74, 6) is 1.13. The largest absolute Gasteiger partial charge is 0.0591 e. The third-order valence-electron chi connectivity index (χ3n) is 5.98. The second-order valence-corrected chi connectivity index (χ2v) is 6.55. The maximum Gasteiger partial charge on any atom is -0.0241 e. The SMILES string of the molecule is CC1(C23CCC(CC2)C3)CCCCC1. The van der Waals surface area contributed by atoms with Crippen LogP contribution in [-0.4, -0.2) is 0 Å². The first-order valence-electron chi connectivity index (χ1n) is 6.74. The van der Waals surface area contributed by atoms with Gasteiger partial charge in [-0.3, -0.25) is 0 Å². The van der Waals surface area contributed by atoms with Crippen molar-refractivity contribution in [3.63, 3.8) is 0 Å². The maximum atomic E-state index is 2.62. The van der Waals surface area contributed by atoms with Crippen LogP contribution in [0.15, 0.2) is 0 Å². The molecule has 0 spiro atoms. The van der Waals surface area contributed by atoms with E-state index in [1.807, 2.05) is 0 Å². The molecule has 0 heteroatoms. The smallest absolute Gasteiger partial charge is 0.0241 e. The average molecular weight is 192 g/mol. The van der Waals surface area contributed by atoms with Gasteiger partial charge in [0.05, 0.1) is 0 Å². The van der Waals surface area contributed by atoms with Crippen LogP contribution in [0.5, 0.6) is 0 Å². The van der Waals surface area contributed by atoms with Gasteiger partial charge in [-0.1, -0.05) is 26.2 Å². The van der Waals surface area contributed by atoms with Gasteiger partial charge in [0.1, 0.15) is 0 Å². The molecule has 0 heterocycles. The molecule has 3 rings (SSSR count). The third kappa shape index (κ3) is 1.12. The Morgan fingerprint density at radius 3 is 2.00 bits per heavy atom. The molecular weight excluding hydrogens is 168 g/mol. The highest BCUT2D eigenvalue weighted by atomic mass is 14.6. The molecular formula is C14H24. The Kier molecular flexibility index (Phi) is 1.98. The van der Waals surface area contributed by atoms with E-state index in [2.05, 4.69) is 6.92 Å². The van der Waals surface area contributed by atoms with Gasteiger partial charge in [-0.15, -0.1) is 0 Å². The molecule has 0 aliphatic heterocycles. The van der Waals surface area contributed by atoms with Crippen molar-refractivity contribution in [1.29, 1.82) is 0 Å². The predicted molar refractivity (Wildman–Crippen MR) is 60.2 cm³/mol. The first-order chi connectivity index (χ1) is 6.74. The predicted octanol–water partition coefficient (Wildman–Crippen LogP) is 4.54. The number of hydrogen-bond donors (Lipinski definition) is 0. The number of rotatable bonds is 1. The molecule has 0 aromatic heterocycles. The van der Waals surface area contributed by atoms with Crippen LogP contribution in [0.3, 0.4) is 0 Å². The first-order valence-corrected chi connectivity index (χ1v) is 6.74. The molecule has 0 saturated heterocycles. The fourth-order valence-corrected chi connectivity index (χ4v) is 4.90. The van der Waals surface area contributed by atoms with Crippen LogP contribution in [0.2, 0.25) is 0 Å². The van der Waals surface area contributed by atoms with Gasteiger partial charge in [0.2, 0.25) is 0 Å². The lowest BCUT2D eigenvalue weighted by Gasteiger charge is -2.48. The van der Waals surface area contributed by atoms with Crippen LogP contribution in [0, 0.1) is 16.7 Å². The summed E-state index contributed by atoms with van der Waals surface area (Å²) in [7, 11) is 0. The van der Waals surface area contributed by atoms with E-state index in [0.717, 1.165) is 16.7 Å². The molecule has 14 heavy (non-hydrogen) atoms. The quantitative estimate of drug-likeness (QED) is 0.572. The Hall–Kier alpha value is 0. The zero-order valence-electron chi connectivity index (χ0n) is 9.65. The Labute approximate surface area is 88.5 Å². The highest BCUT2D eigenvalue weighted by molar-refractivity contribution is 5.05. The van der Waals surface area contributed by atoms with Gasteiger partial charge in [0.15, 0.2) is 0 Å². The Balaban J connectivity index is 1.85. The molecule has 3 aliphatic rings. The van der Waals surface area contributed by atoms with E-state index in [1.54, 1.807) is 44.9 Å². The summed E-state index contributed by atoms with van der Waals surface area (Å²) in [5, 5.41) is 0. The summed E-state index contributed by atoms with van der Waals surface area (Å²) in [6.45, 7) is 2.62. The van der Waals surface area contributed by atoms with Crippen LogP contribution in [-0.2, 0) is 0 Å². The van der Waals surface area contributed by atoms with Crippen molar-refractivity contribution in [2.45, 2.75) is 71.1 Å². The lowest BCUT2D eigenvalue weighted by atomic mass is 9.57. The molecule has 0 atom stereocenters. The maximum absolute atomic E-state index is 2.62. The number of fused-ring (bicyclic) bond motifs is 2. The molecule has 0 unspecified atom stereocenters. The monoisotopic (exact) mass is 192 g/mol. The molecule has 0 aromatic rings. The van der Waals surface area contributed by atoms with Crippen molar-refractivity contribution >= 4 is 0 Å². The van der Waals surface area contributed by atoms with Crippen molar-refractivity contribution in [3.05, 3.63) is 0 Å². The van der Waals surface area contributed by atoms with Crippen molar-refractivity contribution in [3.8, 4) is 0 Å². The van der Waals surface area contributed by atoms with Crippen molar-refractivity contribution in [2.75, 3.05) is 0 Å². The van der Waals surface area contributed by atoms with Gasteiger partial charge < -0.3 is 0 Å². The lowest BCUT2D eigenvalue weighted by Crippen LogP contribution is -2.38. The van der Waals surface area contributed by atoms with Crippen LogP contribution < -0.4 is 0 Å². The van der Waals surface area contributed by atoms with Crippen LogP contribution in [0.4, 0.5) is 0 Å². The van der Waals surface area contributed by atoms with E-state index < -0.39 is 0 Å². The van der Waals surface area contributed by atoms with Gasteiger partial charge in [-0.05, 0) is 61.7 Å². The van der Waals surface area contributed by atoms with Crippen molar-refractivity contribution in [1.82, 2.24) is 0 Å². The molecule has 80 valence electrons. The Bertz CT molecular complexity index is 214. The zero-order valence-corrected chi connectivity index (χ0v) is 9.65. The summed E-state index contributed by atoms with van der Waals surface area (Å²) < 4.78 is 0. The molecule has 0 nitrogen and oxygen atoms in total. The van der Waals surface area contributed by atoms with Gasteiger partial charge in [0.25, 0.3) is 0 Å².